The van der Waals surface area contributed by atoms with E-state index in [9.17, 15) is 0 Å². The highest BCUT2D eigenvalue weighted by Crippen LogP contribution is 2.32. The molecule has 3 heteroatoms. The molecule has 0 radical (unpaired) electrons. The quantitative estimate of drug-likeness (QED) is 0.493. The van der Waals surface area contributed by atoms with Gasteiger partial charge >= 0.3 is 0 Å². The number of para-hydroxylation sites is 1. The summed E-state index contributed by atoms with van der Waals surface area (Å²) in [7, 11) is 0. The van der Waals surface area contributed by atoms with Gasteiger partial charge in [0.25, 0.3) is 0 Å². The van der Waals surface area contributed by atoms with E-state index in [1.54, 1.807) is 0 Å². The van der Waals surface area contributed by atoms with Crippen molar-refractivity contribution in [1.82, 2.24) is 4.98 Å². The molecular formula is C20H15ClN2. The van der Waals surface area contributed by atoms with Crippen molar-refractivity contribution in [3.05, 3.63) is 83.4 Å². The van der Waals surface area contributed by atoms with E-state index < -0.39 is 0 Å². The van der Waals surface area contributed by atoms with Crippen LogP contribution in [0.4, 0.5) is 5.69 Å². The number of benzene rings is 3. The summed E-state index contributed by atoms with van der Waals surface area (Å²) >= 11 is 6.13. The fourth-order valence-corrected chi connectivity index (χ4v) is 3.01. The molecule has 2 nitrogen and oxygen atoms in total. The lowest BCUT2D eigenvalue weighted by Crippen LogP contribution is -2.01. The molecule has 0 spiro atoms. The Labute approximate surface area is 139 Å². The van der Waals surface area contributed by atoms with Gasteiger partial charge in [-0.05, 0) is 29.8 Å². The van der Waals surface area contributed by atoms with Gasteiger partial charge in [0.05, 0.1) is 16.7 Å². The molecule has 0 saturated heterocycles. The third-order valence-corrected chi connectivity index (χ3v) is 4.19. The minimum Gasteiger partial charge on any atom is -0.380 e. The maximum Gasteiger partial charge on any atom is 0.0745 e. The molecule has 0 aliphatic carbocycles. The van der Waals surface area contributed by atoms with Crippen LogP contribution in [0.2, 0.25) is 5.02 Å². The molecule has 0 aliphatic rings. The number of nitrogens with zero attached hydrogens (tertiary/aromatic N) is 1. The summed E-state index contributed by atoms with van der Waals surface area (Å²) in [5.74, 6) is 0. The molecule has 1 N–H and O–H groups in total. The molecule has 0 saturated carbocycles. The first-order chi connectivity index (χ1) is 11.3. The molecule has 1 heterocycles. The number of aromatic nitrogens is 1. The van der Waals surface area contributed by atoms with E-state index in [4.69, 9.17) is 16.6 Å². The number of hydrogen-bond acceptors (Lipinski definition) is 2. The van der Waals surface area contributed by atoms with E-state index in [1.807, 2.05) is 42.5 Å². The number of nitrogens with one attached hydrogen (secondary N) is 1. The van der Waals surface area contributed by atoms with Crippen LogP contribution in [0.1, 0.15) is 5.56 Å². The van der Waals surface area contributed by atoms with Crippen LogP contribution in [-0.2, 0) is 6.54 Å². The predicted octanol–water partition coefficient (Wildman–Crippen LogP) is 5.65. The highest BCUT2D eigenvalue weighted by atomic mass is 35.5. The van der Waals surface area contributed by atoms with Gasteiger partial charge in [-0.15, -0.1) is 0 Å². The molecule has 0 fully saturated rings. The number of rotatable bonds is 3. The Morgan fingerprint density at radius 2 is 1.52 bits per heavy atom. The van der Waals surface area contributed by atoms with Crippen LogP contribution in [0.25, 0.3) is 21.8 Å². The van der Waals surface area contributed by atoms with E-state index in [2.05, 4.69) is 35.6 Å². The maximum atomic E-state index is 6.13. The number of halogens is 1. The zero-order valence-corrected chi connectivity index (χ0v) is 13.2. The Morgan fingerprint density at radius 3 is 2.39 bits per heavy atom. The van der Waals surface area contributed by atoms with Gasteiger partial charge in [0.15, 0.2) is 0 Å². The van der Waals surface area contributed by atoms with Crippen molar-refractivity contribution < 1.29 is 0 Å². The van der Waals surface area contributed by atoms with E-state index in [0.717, 1.165) is 34.0 Å². The maximum absolute atomic E-state index is 6.13. The number of hydrogen-bond donors (Lipinski definition) is 1. The summed E-state index contributed by atoms with van der Waals surface area (Å²) in [5.41, 5.74) is 4.23. The fourth-order valence-electron chi connectivity index (χ4n) is 2.84. The van der Waals surface area contributed by atoms with Crippen molar-refractivity contribution in [2.75, 3.05) is 5.32 Å². The van der Waals surface area contributed by atoms with Gasteiger partial charge in [0, 0.05) is 22.3 Å². The van der Waals surface area contributed by atoms with Gasteiger partial charge in [-0.3, -0.25) is 0 Å². The first kappa shape index (κ1) is 14.0. The average molecular weight is 319 g/mol. The standard InChI is InChI=1S/C20H15ClN2/c21-15-10-11-17-19(12-15)23-18-9-5-4-8-16(18)20(17)22-13-14-6-2-1-3-7-14/h1-12H,13H2,(H,22,23). The third-order valence-electron chi connectivity index (χ3n) is 3.96. The van der Waals surface area contributed by atoms with Crippen LogP contribution in [0, 0.1) is 0 Å². The predicted molar refractivity (Wildman–Crippen MR) is 98.0 cm³/mol. The minimum atomic E-state index is 0.703. The molecular weight excluding hydrogens is 304 g/mol. The minimum absolute atomic E-state index is 0.703. The topological polar surface area (TPSA) is 24.9 Å². The van der Waals surface area contributed by atoms with Crippen molar-refractivity contribution in [3.8, 4) is 0 Å². The van der Waals surface area contributed by atoms with Gasteiger partial charge in [-0.2, -0.15) is 0 Å². The summed E-state index contributed by atoms with van der Waals surface area (Å²) in [6.45, 7) is 0.770. The van der Waals surface area contributed by atoms with Crippen LogP contribution in [0.5, 0.6) is 0 Å². The van der Waals surface area contributed by atoms with Crippen molar-refractivity contribution in [3.63, 3.8) is 0 Å². The summed E-state index contributed by atoms with van der Waals surface area (Å²) in [5, 5.41) is 6.50. The zero-order valence-electron chi connectivity index (χ0n) is 12.5. The number of anilines is 1. The molecule has 1 aromatic heterocycles. The summed E-state index contributed by atoms with van der Waals surface area (Å²) in [4.78, 5) is 4.73. The normalized spacial score (nSPS) is 11.0. The van der Waals surface area contributed by atoms with E-state index in [-0.39, 0.29) is 0 Å². The molecule has 4 rings (SSSR count). The molecule has 3 aromatic carbocycles. The molecule has 23 heavy (non-hydrogen) atoms. The van der Waals surface area contributed by atoms with Crippen LogP contribution >= 0.6 is 11.6 Å². The van der Waals surface area contributed by atoms with Crippen LogP contribution < -0.4 is 5.32 Å². The van der Waals surface area contributed by atoms with E-state index in [0.29, 0.717) is 5.02 Å². The Morgan fingerprint density at radius 1 is 0.783 bits per heavy atom. The van der Waals surface area contributed by atoms with E-state index >= 15 is 0 Å². The van der Waals surface area contributed by atoms with Crippen LogP contribution in [0.3, 0.4) is 0 Å². The number of pyridine rings is 1. The van der Waals surface area contributed by atoms with Crippen molar-refractivity contribution in [2.45, 2.75) is 6.54 Å². The molecule has 0 bridgehead atoms. The molecule has 0 aliphatic heterocycles. The lowest BCUT2D eigenvalue weighted by atomic mass is 10.1. The Bertz CT molecular complexity index is 981. The smallest absolute Gasteiger partial charge is 0.0745 e. The molecule has 112 valence electrons. The third kappa shape index (κ3) is 2.73. The summed E-state index contributed by atoms with van der Waals surface area (Å²) < 4.78 is 0. The lowest BCUT2D eigenvalue weighted by Gasteiger charge is -2.13. The Balaban J connectivity index is 1.87. The molecule has 0 unspecified atom stereocenters. The highest BCUT2D eigenvalue weighted by Gasteiger charge is 2.09. The van der Waals surface area contributed by atoms with Gasteiger partial charge in [-0.25, -0.2) is 4.98 Å². The van der Waals surface area contributed by atoms with Crippen LogP contribution in [-0.4, -0.2) is 4.98 Å². The Hall–Kier alpha value is -2.58. The van der Waals surface area contributed by atoms with Gasteiger partial charge in [-0.1, -0.05) is 60.1 Å². The van der Waals surface area contributed by atoms with Crippen molar-refractivity contribution >= 4 is 39.1 Å². The Kier molecular flexibility index (Phi) is 3.60. The van der Waals surface area contributed by atoms with Crippen molar-refractivity contribution in [1.29, 1.82) is 0 Å². The largest absolute Gasteiger partial charge is 0.380 e. The van der Waals surface area contributed by atoms with E-state index in [1.165, 1.54) is 5.56 Å². The average Bonchev–Trinajstić information content (AvgIpc) is 2.59. The molecule has 0 atom stereocenters. The lowest BCUT2D eigenvalue weighted by molar-refractivity contribution is 1.16. The monoisotopic (exact) mass is 318 g/mol. The van der Waals surface area contributed by atoms with Gasteiger partial charge in [0.1, 0.15) is 0 Å². The fraction of sp³-hybridized carbons (Fsp3) is 0.0500. The second kappa shape index (κ2) is 5.90. The second-order valence-electron chi connectivity index (χ2n) is 5.50. The second-order valence-corrected chi connectivity index (χ2v) is 5.94. The number of fused-ring (bicyclic) bond motifs is 2. The summed E-state index contributed by atoms with van der Waals surface area (Å²) in [6.07, 6.45) is 0. The SMILES string of the molecule is Clc1ccc2c(NCc3ccccc3)c3ccccc3nc2c1. The zero-order chi connectivity index (χ0) is 15.6. The summed E-state index contributed by atoms with van der Waals surface area (Å²) in [6, 6.07) is 24.4. The first-order valence-electron chi connectivity index (χ1n) is 7.57. The van der Waals surface area contributed by atoms with Crippen molar-refractivity contribution in [2.24, 2.45) is 0 Å². The van der Waals surface area contributed by atoms with Gasteiger partial charge < -0.3 is 5.32 Å². The van der Waals surface area contributed by atoms with Crippen LogP contribution in [0.15, 0.2) is 72.8 Å². The first-order valence-corrected chi connectivity index (χ1v) is 7.95. The van der Waals surface area contributed by atoms with Gasteiger partial charge in [0.2, 0.25) is 0 Å². The molecule has 4 aromatic rings. The molecule has 0 amide bonds. The highest BCUT2D eigenvalue weighted by molar-refractivity contribution is 6.31.